The average molecular weight is 423 g/mol. The zero-order valence-electron chi connectivity index (χ0n) is 13.2. The van der Waals surface area contributed by atoms with E-state index in [-0.39, 0.29) is 11.5 Å². The highest BCUT2D eigenvalue weighted by molar-refractivity contribution is 9.10. The van der Waals surface area contributed by atoms with Crippen molar-refractivity contribution in [3.63, 3.8) is 0 Å². The number of amides is 2. The van der Waals surface area contributed by atoms with Gasteiger partial charge in [-0.15, -0.1) is 11.8 Å². The van der Waals surface area contributed by atoms with Crippen LogP contribution in [0.2, 0.25) is 0 Å². The Morgan fingerprint density at radius 3 is 2.76 bits per heavy atom. The van der Waals surface area contributed by atoms with Gasteiger partial charge in [0.15, 0.2) is 0 Å². The summed E-state index contributed by atoms with van der Waals surface area (Å²) in [6.07, 6.45) is 0. The third-order valence-corrected chi connectivity index (χ3v) is 5.42. The topological polar surface area (TPSA) is 49.4 Å². The van der Waals surface area contributed by atoms with Gasteiger partial charge in [-0.3, -0.25) is 9.59 Å². The number of rotatable bonds is 4. The predicted molar refractivity (Wildman–Crippen MR) is 99.7 cm³/mol. The van der Waals surface area contributed by atoms with Crippen molar-refractivity contribution in [2.24, 2.45) is 0 Å². The second-order valence-electron chi connectivity index (χ2n) is 5.62. The van der Waals surface area contributed by atoms with E-state index in [9.17, 15) is 14.0 Å². The largest absolute Gasteiger partial charge is 0.350 e. The van der Waals surface area contributed by atoms with Crippen LogP contribution in [-0.4, -0.2) is 34.4 Å². The van der Waals surface area contributed by atoms with Gasteiger partial charge in [0, 0.05) is 16.8 Å². The Bertz CT molecular complexity index is 788. The molecule has 1 aliphatic heterocycles. The molecule has 1 heterocycles. The normalized spacial score (nSPS) is 16.7. The summed E-state index contributed by atoms with van der Waals surface area (Å²) in [7, 11) is 0. The predicted octanol–water partition coefficient (Wildman–Crippen LogP) is 3.42. The molecule has 1 atom stereocenters. The number of hydrogen-bond donors (Lipinski definition) is 1. The fourth-order valence-electron chi connectivity index (χ4n) is 2.58. The second kappa shape index (κ2) is 8.01. The molecule has 1 fully saturated rings. The number of benzene rings is 2. The van der Waals surface area contributed by atoms with Crippen molar-refractivity contribution in [2.45, 2.75) is 12.6 Å². The first kappa shape index (κ1) is 17.9. The summed E-state index contributed by atoms with van der Waals surface area (Å²) in [4.78, 5) is 26.6. The van der Waals surface area contributed by atoms with Crippen LogP contribution in [0.5, 0.6) is 0 Å². The molecule has 130 valence electrons. The van der Waals surface area contributed by atoms with Crippen molar-refractivity contribution in [2.75, 3.05) is 11.6 Å². The Morgan fingerprint density at radius 1 is 1.24 bits per heavy atom. The summed E-state index contributed by atoms with van der Waals surface area (Å²) >= 11 is 4.73. The van der Waals surface area contributed by atoms with Gasteiger partial charge in [-0.05, 0) is 23.8 Å². The highest BCUT2D eigenvalue weighted by Crippen LogP contribution is 2.25. The van der Waals surface area contributed by atoms with Gasteiger partial charge in [-0.2, -0.15) is 0 Å². The van der Waals surface area contributed by atoms with Crippen LogP contribution in [0.1, 0.15) is 15.9 Å². The third kappa shape index (κ3) is 4.22. The lowest BCUT2D eigenvalue weighted by atomic mass is 10.1. The fourth-order valence-corrected chi connectivity index (χ4v) is 4.09. The Labute approximate surface area is 157 Å². The highest BCUT2D eigenvalue weighted by atomic mass is 79.9. The van der Waals surface area contributed by atoms with Crippen molar-refractivity contribution in [1.82, 2.24) is 10.2 Å². The number of carbonyl (C=O) groups is 2. The van der Waals surface area contributed by atoms with Gasteiger partial charge < -0.3 is 10.2 Å². The molecule has 25 heavy (non-hydrogen) atoms. The van der Waals surface area contributed by atoms with Gasteiger partial charge in [0.2, 0.25) is 5.91 Å². The maximum atomic E-state index is 14.0. The monoisotopic (exact) mass is 422 g/mol. The summed E-state index contributed by atoms with van der Waals surface area (Å²) < 4.78 is 14.6. The van der Waals surface area contributed by atoms with Gasteiger partial charge in [-0.25, -0.2) is 4.39 Å². The van der Waals surface area contributed by atoms with E-state index in [2.05, 4.69) is 21.2 Å². The van der Waals surface area contributed by atoms with Crippen LogP contribution < -0.4 is 5.32 Å². The zero-order chi connectivity index (χ0) is 17.8. The molecule has 0 aromatic heterocycles. The minimum atomic E-state index is -0.598. The zero-order valence-corrected chi connectivity index (χ0v) is 15.6. The van der Waals surface area contributed by atoms with E-state index in [1.165, 1.54) is 34.9 Å². The molecule has 0 aliphatic carbocycles. The van der Waals surface area contributed by atoms with Gasteiger partial charge >= 0.3 is 0 Å². The maximum absolute atomic E-state index is 14.0. The minimum absolute atomic E-state index is 0.0299. The van der Waals surface area contributed by atoms with Gasteiger partial charge in [0.1, 0.15) is 11.9 Å². The Kier molecular flexibility index (Phi) is 5.75. The van der Waals surface area contributed by atoms with Gasteiger partial charge in [-0.1, -0.05) is 46.3 Å². The molecule has 7 heteroatoms. The summed E-state index contributed by atoms with van der Waals surface area (Å²) in [5, 5.41) is 2.85. The fraction of sp³-hybridized carbons (Fsp3) is 0.222. The average Bonchev–Trinajstić information content (AvgIpc) is 3.12. The van der Waals surface area contributed by atoms with Crippen molar-refractivity contribution in [3.05, 3.63) is 69.9 Å². The van der Waals surface area contributed by atoms with Crippen LogP contribution in [0.3, 0.4) is 0 Å². The molecule has 0 bridgehead atoms. The van der Waals surface area contributed by atoms with E-state index in [0.29, 0.717) is 22.6 Å². The summed E-state index contributed by atoms with van der Waals surface area (Å²) in [5.74, 6) is -0.411. The number of hydrogen-bond acceptors (Lipinski definition) is 3. The van der Waals surface area contributed by atoms with Crippen LogP contribution in [0, 0.1) is 5.82 Å². The van der Waals surface area contributed by atoms with Crippen LogP contribution in [0.15, 0.2) is 53.0 Å². The molecule has 2 aromatic carbocycles. The van der Waals surface area contributed by atoms with Crippen molar-refractivity contribution >= 4 is 39.5 Å². The Balaban J connectivity index is 1.70. The first-order valence-electron chi connectivity index (χ1n) is 7.71. The molecule has 1 saturated heterocycles. The summed E-state index contributed by atoms with van der Waals surface area (Å²) in [6.45, 7) is 0.397. The molecular formula is C18H16BrFN2O2S. The lowest BCUT2D eigenvalue weighted by molar-refractivity contribution is -0.124. The number of thioether (sulfide) groups is 1. The lowest BCUT2D eigenvalue weighted by Crippen LogP contribution is -2.47. The van der Waals surface area contributed by atoms with Gasteiger partial charge in [0.05, 0.1) is 11.4 Å². The quantitative estimate of drug-likeness (QED) is 0.820. The van der Waals surface area contributed by atoms with Crippen LogP contribution in [0.4, 0.5) is 4.39 Å². The maximum Gasteiger partial charge on any atom is 0.258 e. The summed E-state index contributed by atoms with van der Waals surface area (Å²) in [5.41, 5.74) is 0.954. The number of carbonyl (C=O) groups excluding carboxylic acids is 2. The molecule has 2 amide bonds. The van der Waals surface area contributed by atoms with Crippen LogP contribution in [0.25, 0.3) is 0 Å². The number of halogens is 2. The Hall–Kier alpha value is -1.86. The lowest BCUT2D eigenvalue weighted by Gasteiger charge is -2.23. The molecule has 2 aromatic rings. The molecule has 0 saturated carbocycles. The molecule has 3 rings (SSSR count). The summed E-state index contributed by atoms with van der Waals surface area (Å²) in [6, 6.07) is 13.2. The number of nitrogens with one attached hydrogen (secondary N) is 1. The second-order valence-corrected chi connectivity index (χ2v) is 7.53. The first-order chi connectivity index (χ1) is 12.1. The van der Waals surface area contributed by atoms with Crippen molar-refractivity contribution < 1.29 is 14.0 Å². The standard InChI is InChI=1S/C18H16BrFN2O2S/c19-13-6-7-15(20)14(8-13)18(24)22-11-25-10-16(22)17(23)21-9-12-4-2-1-3-5-12/h1-8,16H,9-11H2,(H,21,23). The van der Waals surface area contributed by atoms with E-state index < -0.39 is 17.8 Å². The van der Waals surface area contributed by atoms with Crippen LogP contribution >= 0.6 is 27.7 Å². The Morgan fingerprint density at radius 2 is 2.00 bits per heavy atom. The van der Waals surface area contributed by atoms with Crippen molar-refractivity contribution in [3.8, 4) is 0 Å². The molecule has 1 aliphatic rings. The van der Waals surface area contributed by atoms with E-state index in [4.69, 9.17) is 0 Å². The van der Waals surface area contributed by atoms with E-state index in [0.717, 1.165) is 5.56 Å². The molecule has 0 radical (unpaired) electrons. The molecular weight excluding hydrogens is 407 g/mol. The SMILES string of the molecule is O=C(NCc1ccccc1)C1CSCN1C(=O)c1cc(Br)ccc1F. The third-order valence-electron chi connectivity index (χ3n) is 3.91. The molecule has 0 spiro atoms. The van der Waals surface area contributed by atoms with Crippen molar-refractivity contribution in [1.29, 1.82) is 0 Å². The minimum Gasteiger partial charge on any atom is -0.350 e. The smallest absolute Gasteiger partial charge is 0.258 e. The van der Waals surface area contributed by atoms with E-state index >= 15 is 0 Å². The van der Waals surface area contributed by atoms with E-state index in [1.54, 1.807) is 0 Å². The first-order valence-corrected chi connectivity index (χ1v) is 9.66. The molecule has 4 nitrogen and oxygen atoms in total. The number of nitrogens with zero attached hydrogens (tertiary/aromatic N) is 1. The van der Waals surface area contributed by atoms with E-state index in [1.807, 2.05) is 30.3 Å². The highest BCUT2D eigenvalue weighted by Gasteiger charge is 2.35. The molecule has 1 N–H and O–H groups in total. The van der Waals surface area contributed by atoms with Crippen LogP contribution in [-0.2, 0) is 11.3 Å². The van der Waals surface area contributed by atoms with Gasteiger partial charge in [0.25, 0.3) is 5.91 Å². The molecule has 1 unspecified atom stereocenters.